The Hall–Kier alpha value is -2.54. The summed E-state index contributed by atoms with van der Waals surface area (Å²) in [6.07, 6.45) is 0.865. The Morgan fingerprint density at radius 1 is 1.21 bits per heavy atom. The van der Waals surface area contributed by atoms with Gasteiger partial charge in [0.05, 0.1) is 0 Å². The van der Waals surface area contributed by atoms with E-state index >= 15 is 0 Å². The summed E-state index contributed by atoms with van der Waals surface area (Å²) in [5, 5.41) is 5.89. The maximum Gasteiger partial charge on any atom is 0.270 e. The molecule has 24 heavy (non-hydrogen) atoms. The van der Waals surface area contributed by atoms with Crippen molar-refractivity contribution >= 4 is 17.4 Å². The van der Waals surface area contributed by atoms with Gasteiger partial charge in [-0.2, -0.15) is 0 Å². The lowest BCUT2D eigenvalue weighted by Gasteiger charge is -2.11. The molecule has 0 bridgehead atoms. The summed E-state index contributed by atoms with van der Waals surface area (Å²) in [4.78, 5) is 22.7. The molecule has 0 spiro atoms. The van der Waals surface area contributed by atoms with Gasteiger partial charge in [0.1, 0.15) is 23.2 Å². The maximum atomic E-state index is 12.9. The van der Waals surface area contributed by atoms with Gasteiger partial charge in [0.25, 0.3) is 5.91 Å². The van der Waals surface area contributed by atoms with Crippen LogP contribution in [0.15, 0.2) is 30.3 Å². The van der Waals surface area contributed by atoms with E-state index in [0.717, 1.165) is 13.0 Å². The number of anilines is 2. The summed E-state index contributed by atoms with van der Waals surface area (Å²) < 4.78 is 12.9. The van der Waals surface area contributed by atoms with Crippen LogP contribution in [0.25, 0.3) is 0 Å². The molecule has 0 unspecified atom stereocenters. The van der Waals surface area contributed by atoms with Gasteiger partial charge >= 0.3 is 0 Å². The fourth-order valence-electron chi connectivity index (χ4n) is 2.12. The first-order valence-corrected chi connectivity index (χ1v) is 7.75. The number of carbonyl (C=O) groups excluding carboxylic acids is 1. The number of aryl methyl sites for hydroxylation is 1. The number of halogens is 1. The average Bonchev–Trinajstić information content (AvgIpc) is 2.53. The number of hydrogen-bond donors (Lipinski definition) is 2. The first-order valence-electron chi connectivity index (χ1n) is 7.75. The third-order valence-corrected chi connectivity index (χ3v) is 3.25. The number of rotatable bonds is 7. The molecule has 2 aromatic rings. The van der Waals surface area contributed by atoms with E-state index in [9.17, 15) is 9.18 Å². The molecular formula is C17H22FN5O. The average molecular weight is 331 g/mol. The largest absolute Gasteiger partial charge is 0.351 e. The highest BCUT2D eigenvalue weighted by Gasteiger charge is 2.10. The highest BCUT2D eigenvalue weighted by molar-refractivity contribution is 5.93. The number of amides is 1. The summed E-state index contributed by atoms with van der Waals surface area (Å²) in [6.45, 7) is 3.21. The van der Waals surface area contributed by atoms with Crippen LogP contribution in [0.4, 0.5) is 15.9 Å². The Kier molecular flexibility index (Phi) is 6.20. The van der Waals surface area contributed by atoms with Crippen LogP contribution in [0.5, 0.6) is 0 Å². The van der Waals surface area contributed by atoms with Gasteiger partial charge in [-0.1, -0.05) is 0 Å². The molecule has 0 saturated carbocycles. The van der Waals surface area contributed by atoms with E-state index in [4.69, 9.17) is 0 Å². The van der Waals surface area contributed by atoms with Crippen molar-refractivity contribution in [1.82, 2.24) is 20.2 Å². The van der Waals surface area contributed by atoms with Crippen molar-refractivity contribution in [3.63, 3.8) is 0 Å². The molecule has 0 radical (unpaired) electrons. The third-order valence-electron chi connectivity index (χ3n) is 3.25. The number of carbonyl (C=O) groups is 1. The molecule has 2 rings (SSSR count). The van der Waals surface area contributed by atoms with Gasteiger partial charge in [0.15, 0.2) is 0 Å². The van der Waals surface area contributed by atoms with E-state index in [1.165, 1.54) is 12.1 Å². The Balaban J connectivity index is 2.02. The van der Waals surface area contributed by atoms with Crippen molar-refractivity contribution < 1.29 is 9.18 Å². The topological polar surface area (TPSA) is 70.2 Å². The van der Waals surface area contributed by atoms with E-state index in [2.05, 4.69) is 25.5 Å². The van der Waals surface area contributed by atoms with Crippen LogP contribution in [0.1, 0.15) is 22.7 Å². The summed E-state index contributed by atoms with van der Waals surface area (Å²) in [7, 11) is 3.98. The Morgan fingerprint density at radius 3 is 2.58 bits per heavy atom. The summed E-state index contributed by atoms with van der Waals surface area (Å²) in [5.41, 5.74) is 0.990. The SMILES string of the molecule is Cc1nc(Nc2ccc(F)cc2)cc(C(=O)NCCCN(C)C)n1. The fourth-order valence-corrected chi connectivity index (χ4v) is 2.12. The highest BCUT2D eigenvalue weighted by atomic mass is 19.1. The van der Waals surface area contributed by atoms with E-state index in [1.54, 1.807) is 25.1 Å². The van der Waals surface area contributed by atoms with Crippen LogP contribution in [0.2, 0.25) is 0 Å². The van der Waals surface area contributed by atoms with Crippen molar-refractivity contribution in [3.05, 3.63) is 47.7 Å². The molecule has 0 aliphatic rings. The number of nitrogens with one attached hydrogen (secondary N) is 2. The van der Waals surface area contributed by atoms with Crippen LogP contribution in [0.3, 0.4) is 0 Å². The zero-order valence-electron chi connectivity index (χ0n) is 14.1. The summed E-state index contributed by atoms with van der Waals surface area (Å²) >= 11 is 0. The smallest absolute Gasteiger partial charge is 0.270 e. The van der Waals surface area contributed by atoms with Gasteiger partial charge in [-0.05, 0) is 58.3 Å². The van der Waals surface area contributed by atoms with Crippen LogP contribution in [-0.4, -0.2) is 48.0 Å². The first-order chi connectivity index (χ1) is 11.4. The molecule has 0 atom stereocenters. The standard InChI is InChI=1S/C17H22FN5O/c1-12-20-15(17(24)19-9-4-10-23(2)3)11-16(21-12)22-14-7-5-13(18)6-8-14/h5-8,11H,4,9-10H2,1-3H3,(H,19,24)(H,20,21,22). The maximum absolute atomic E-state index is 12.9. The van der Waals surface area contributed by atoms with Crippen LogP contribution in [-0.2, 0) is 0 Å². The lowest BCUT2D eigenvalue weighted by Crippen LogP contribution is -2.28. The van der Waals surface area contributed by atoms with Crippen LogP contribution in [0, 0.1) is 12.7 Å². The molecule has 0 fully saturated rings. The van der Waals surface area contributed by atoms with Gasteiger partial charge in [0.2, 0.25) is 0 Å². The van der Waals surface area contributed by atoms with E-state index in [-0.39, 0.29) is 11.7 Å². The second-order valence-electron chi connectivity index (χ2n) is 5.73. The number of benzene rings is 1. The number of nitrogens with zero attached hydrogens (tertiary/aromatic N) is 3. The van der Waals surface area contributed by atoms with Gasteiger partial charge in [-0.25, -0.2) is 14.4 Å². The molecule has 7 heteroatoms. The predicted molar refractivity (Wildman–Crippen MR) is 92.0 cm³/mol. The van der Waals surface area contributed by atoms with Crippen molar-refractivity contribution in [2.45, 2.75) is 13.3 Å². The minimum Gasteiger partial charge on any atom is -0.351 e. The lowest BCUT2D eigenvalue weighted by molar-refractivity contribution is 0.0947. The lowest BCUT2D eigenvalue weighted by atomic mass is 10.3. The van der Waals surface area contributed by atoms with Gasteiger partial charge in [-0.3, -0.25) is 4.79 Å². The van der Waals surface area contributed by atoms with Crippen molar-refractivity contribution in [2.75, 3.05) is 32.5 Å². The molecule has 128 valence electrons. The van der Waals surface area contributed by atoms with Gasteiger partial charge in [-0.15, -0.1) is 0 Å². The molecule has 1 aromatic heterocycles. The molecule has 6 nitrogen and oxygen atoms in total. The fraction of sp³-hybridized carbons (Fsp3) is 0.353. The monoisotopic (exact) mass is 331 g/mol. The molecule has 0 saturated heterocycles. The predicted octanol–water partition coefficient (Wildman–Crippen LogP) is 2.35. The Bertz CT molecular complexity index is 688. The van der Waals surface area contributed by atoms with Crippen molar-refractivity contribution in [3.8, 4) is 0 Å². The molecule has 2 N–H and O–H groups in total. The minimum atomic E-state index is -0.308. The Morgan fingerprint density at radius 2 is 1.92 bits per heavy atom. The molecule has 0 aliphatic carbocycles. The zero-order chi connectivity index (χ0) is 17.5. The minimum absolute atomic E-state index is 0.235. The second kappa shape index (κ2) is 8.35. The quantitative estimate of drug-likeness (QED) is 0.762. The third kappa shape index (κ3) is 5.58. The van der Waals surface area contributed by atoms with Crippen molar-refractivity contribution in [2.24, 2.45) is 0 Å². The zero-order valence-corrected chi connectivity index (χ0v) is 14.1. The van der Waals surface area contributed by atoms with Gasteiger partial charge < -0.3 is 15.5 Å². The normalized spacial score (nSPS) is 10.7. The van der Waals surface area contributed by atoms with E-state index in [1.807, 2.05) is 14.1 Å². The summed E-state index contributed by atoms with van der Waals surface area (Å²) in [6, 6.07) is 7.50. The van der Waals surface area contributed by atoms with Gasteiger partial charge in [0, 0.05) is 18.3 Å². The molecule has 1 aromatic carbocycles. The molecule has 1 amide bonds. The second-order valence-corrected chi connectivity index (χ2v) is 5.73. The number of hydrogen-bond acceptors (Lipinski definition) is 5. The molecular weight excluding hydrogens is 309 g/mol. The highest BCUT2D eigenvalue weighted by Crippen LogP contribution is 2.16. The molecule has 1 heterocycles. The summed E-state index contributed by atoms with van der Waals surface area (Å²) in [5.74, 6) is 0.437. The molecule has 0 aliphatic heterocycles. The Labute approximate surface area is 141 Å². The van der Waals surface area contributed by atoms with Crippen LogP contribution >= 0.6 is 0 Å². The van der Waals surface area contributed by atoms with Crippen molar-refractivity contribution in [1.29, 1.82) is 0 Å². The van der Waals surface area contributed by atoms with E-state index < -0.39 is 0 Å². The van der Waals surface area contributed by atoms with Crippen LogP contribution < -0.4 is 10.6 Å². The van der Waals surface area contributed by atoms with E-state index in [0.29, 0.717) is 29.6 Å². The number of aromatic nitrogens is 2. The first kappa shape index (κ1) is 17.8.